The van der Waals surface area contributed by atoms with Crippen LogP contribution in [0.2, 0.25) is 0 Å². The zero-order valence-corrected chi connectivity index (χ0v) is 15.3. The number of halogens is 2. The van der Waals surface area contributed by atoms with E-state index in [9.17, 15) is 23.2 Å². The molecular weight excluding hydrogens is 394 g/mol. The van der Waals surface area contributed by atoms with E-state index in [-0.39, 0.29) is 29.6 Å². The van der Waals surface area contributed by atoms with Gasteiger partial charge in [0.15, 0.2) is 22.9 Å². The van der Waals surface area contributed by atoms with Crippen molar-refractivity contribution >= 4 is 40.0 Å². The van der Waals surface area contributed by atoms with Crippen LogP contribution in [0.3, 0.4) is 0 Å². The number of nitrogens with zero attached hydrogens (tertiary/aromatic N) is 2. The maximum absolute atomic E-state index is 13.3. The number of hydrogen-bond acceptors (Lipinski definition) is 7. The molecule has 1 aliphatic heterocycles. The van der Waals surface area contributed by atoms with Crippen LogP contribution in [0.5, 0.6) is 0 Å². The van der Waals surface area contributed by atoms with Crippen molar-refractivity contribution < 1.29 is 27.9 Å². The van der Waals surface area contributed by atoms with Crippen molar-refractivity contribution in [2.24, 2.45) is 5.10 Å². The highest BCUT2D eigenvalue weighted by molar-refractivity contribution is 7.14. The first kappa shape index (κ1) is 19.5. The molecule has 0 saturated carbocycles. The molecular formula is C17H14F2N4O4S. The quantitative estimate of drug-likeness (QED) is 0.738. The molecule has 8 nitrogen and oxygen atoms in total. The Balaban J connectivity index is 1.60. The molecule has 28 heavy (non-hydrogen) atoms. The number of amides is 2. The Morgan fingerprint density at radius 1 is 1.29 bits per heavy atom. The minimum Gasteiger partial charge on any atom is -0.448 e. The number of rotatable bonds is 5. The van der Waals surface area contributed by atoms with Crippen molar-refractivity contribution in [2.45, 2.75) is 25.9 Å². The third kappa shape index (κ3) is 4.55. The summed E-state index contributed by atoms with van der Waals surface area (Å²) in [6.45, 7) is 1.37. The Kier molecular flexibility index (Phi) is 5.73. The summed E-state index contributed by atoms with van der Waals surface area (Å²) in [6.07, 6.45) is -0.896. The average molecular weight is 408 g/mol. The lowest BCUT2D eigenvalue weighted by Gasteiger charge is -2.15. The fourth-order valence-corrected chi connectivity index (χ4v) is 2.95. The molecule has 0 bridgehead atoms. The maximum Gasteiger partial charge on any atom is 0.355 e. The van der Waals surface area contributed by atoms with Crippen LogP contribution in [0, 0.1) is 11.6 Å². The zero-order valence-electron chi connectivity index (χ0n) is 14.5. The van der Waals surface area contributed by atoms with E-state index in [1.165, 1.54) is 13.0 Å². The minimum atomic E-state index is -1.14. The number of esters is 1. The lowest BCUT2D eigenvalue weighted by molar-refractivity contribution is -0.146. The van der Waals surface area contributed by atoms with E-state index in [4.69, 9.17) is 4.74 Å². The van der Waals surface area contributed by atoms with Gasteiger partial charge in [-0.25, -0.2) is 24.0 Å². The van der Waals surface area contributed by atoms with Crippen molar-refractivity contribution in [2.75, 3.05) is 5.32 Å². The van der Waals surface area contributed by atoms with Gasteiger partial charge in [-0.05, 0) is 25.1 Å². The molecule has 0 saturated heterocycles. The van der Waals surface area contributed by atoms with Gasteiger partial charge in [0.05, 0.1) is 5.69 Å². The molecule has 1 aromatic carbocycles. The molecule has 0 fully saturated rings. The van der Waals surface area contributed by atoms with Crippen molar-refractivity contribution in [3.63, 3.8) is 0 Å². The third-order valence-corrected chi connectivity index (χ3v) is 4.50. The smallest absolute Gasteiger partial charge is 0.355 e. The molecule has 0 spiro atoms. The number of aromatic nitrogens is 1. The molecule has 2 amide bonds. The van der Waals surface area contributed by atoms with Gasteiger partial charge in [-0.15, -0.1) is 11.3 Å². The molecule has 1 aromatic heterocycles. The van der Waals surface area contributed by atoms with Crippen LogP contribution in [0.4, 0.5) is 13.9 Å². The van der Waals surface area contributed by atoms with Gasteiger partial charge < -0.3 is 4.74 Å². The van der Waals surface area contributed by atoms with E-state index >= 15 is 0 Å². The SMILES string of the molecule is C[C@@H](OC(=O)C1=NNC(=O)CC1)C(=O)Nc1nc(-c2ccc(F)c(F)c2)cs1. The summed E-state index contributed by atoms with van der Waals surface area (Å²) < 4.78 is 31.4. The first-order chi connectivity index (χ1) is 13.3. The van der Waals surface area contributed by atoms with E-state index in [0.717, 1.165) is 23.5 Å². The molecule has 1 aliphatic rings. The van der Waals surface area contributed by atoms with Crippen LogP contribution in [0.15, 0.2) is 28.7 Å². The van der Waals surface area contributed by atoms with Gasteiger partial charge in [0.25, 0.3) is 5.91 Å². The van der Waals surface area contributed by atoms with E-state index in [1.807, 2.05) is 0 Å². The van der Waals surface area contributed by atoms with Gasteiger partial charge in [-0.2, -0.15) is 5.10 Å². The van der Waals surface area contributed by atoms with E-state index < -0.39 is 29.6 Å². The zero-order chi connectivity index (χ0) is 20.3. The molecule has 11 heteroatoms. The standard InChI is InChI=1S/C17H14F2N4O4S/c1-8(27-16(26)12-4-5-14(24)23-22-12)15(25)21-17-20-13(7-28-17)9-2-3-10(18)11(19)6-9/h2-3,6-8H,4-5H2,1H3,(H,23,24)(H,20,21,25)/t8-/m1/s1. The van der Waals surface area contributed by atoms with Gasteiger partial charge in [0.1, 0.15) is 5.71 Å². The summed E-state index contributed by atoms with van der Waals surface area (Å²) in [7, 11) is 0. The summed E-state index contributed by atoms with van der Waals surface area (Å²) in [5.74, 6) is -3.70. The maximum atomic E-state index is 13.3. The Hall–Kier alpha value is -3.21. The second-order valence-corrected chi connectivity index (χ2v) is 6.66. The monoisotopic (exact) mass is 408 g/mol. The fourth-order valence-electron chi connectivity index (χ4n) is 2.23. The van der Waals surface area contributed by atoms with Gasteiger partial charge in [-0.3, -0.25) is 14.9 Å². The van der Waals surface area contributed by atoms with Gasteiger partial charge >= 0.3 is 5.97 Å². The lowest BCUT2D eigenvalue weighted by atomic mass is 10.2. The molecule has 3 rings (SSSR count). The van der Waals surface area contributed by atoms with E-state index in [0.29, 0.717) is 11.3 Å². The second kappa shape index (κ2) is 8.21. The third-order valence-electron chi connectivity index (χ3n) is 3.74. The molecule has 0 unspecified atom stereocenters. The van der Waals surface area contributed by atoms with Crippen LogP contribution in [0.1, 0.15) is 19.8 Å². The summed E-state index contributed by atoms with van der Waals surface area (Å²) in [5, 5.41) is 7.86. The molecule has 0 radical (unpaired) electrons. The number of anilines is 1. The first-order valence-electron chi connectivity index (χ1n) is 8.11. The van der Waals surface area contributed by atoms with Gasteiger partial charge in [0.2, 0.25) is 5.91 Å². The Labute approximate surface area is 161 Å². The minimum absolute atomic E-state index is 0.0223. The highest BCUT2D eigenvalue weighted by Crippen LogP contribution is 2.26. The number of hydrogen-bond donors (Lipinski definition) is 2. The average Bonchev–Trinajstić information content (AvgIpc) is 3.12. The molecule has 2 N–H and O–H groups in total. The van der Waals surface area contributed by atoms with Crippen molar-refractivity contribution in [1.82, 2.24) is 10.4 Å². The number of carbonyl (C=O) groups excluding carboxylic acids is 3. The topological polar surface area (TPSA) is 110 Å². The van der Waals surface area contributed by atoms with Gasteiger partial charge in [0, 0.05) is 23.8 Å². The van der Waals surface area contributed by atoms with Crippen LogP contribution < -0.4 is 10.7 Å². The summed E-state index contributed by atoms with van der Waals surface area (Å²) in [4.78, 5) is 39.3. The van der Waals surface area contributed by atoms with E-state index in [2.05, 4.69) is 20.8 Å². The van der Waals surface area contributed by atoms with Gasteiger partial charge in [-0.1, -0.05) is 0 Å². The molecule has 2 heterocycles. The Bertz CT molecular complexity index is 976. The largest absolute Gasteiger partial charge is 0.448 e. The number of hydrazone groups is 1. The number of ether oxygens (including phenoxy) is 1. The predicted octanol–water partition coefficient (Wildman–Crippen LogP) is 2.22. The molecule has 1 atom stereocenters. The van der Waals surface area contributed by atoms with Crippen molar-refractivity contribution in [1.29, 1.82) is 0 Å². The fraction of sp³-hybridized carbons (Fsp3) is 0.235. The highest BCUT2D eigenvalue weighted by Gasteiger charge is 2.25. The summed E-state index contributed by atoms with van der Waals surface area (Å²) in [6, 6.07) is 3.36. The normalized spacial score (nSPS) is 14.7. The predicted molar refractivity (Wildman–Crippen MR) is 96.5 cm³/mol. The van der Waals surface area contributed by atoms with Crippen LogP contribution in [-0.4, -0.2) is 34.6 Å². The van der Waals surface area contributed by atoms with Crippen molar-refractivity contribution in [3.8, 4) is 11.3 Å². The number of nitrogens with one attached hydrogen (secondary N) is 2. The molecule has 0 aliphatic carbocycles. The van der Waals surface area contributed by atoms with Crippen molar-refractivity contribution in [3.05, 3.63) is 35.2 Å². The Morgan fingerprint density at radius 3 is 2.75 bits per heavy atom. The highest BCUT2D eigenvalue weighted by atomic mass is 32.1. The van der Waals surface area contributed by atoms with Crippen LogP contribution in [0.25, 0.3) is 11.3 Å². The lowest BCUT2D eigenvalue weighted by Crippen LogP contribution is -2.35. The first-order valence-corrected chi connectivity index (χ1v) is 8.99. The number of benzene rings is 1. The van der Waals surface area contributed by atoms with E-state index in [1.54, 1.807) is 5.38 Å². The molecule has 146 valence electrons. The summed E-state index contributed by atoms with van der Waals surface area (Å²) in [5.41, 5.74) is 2.90. The number of thiazole rings is 1. The summed E-state index contributed by atoms with van der Waals surface area (Å²) >= 11 is 1.08. The number of carbonyl (C=O) groups is 3. The van der Waals surface area contributed by atoms with Crippen LogP contribution in [-0.2, 0) is 19.1 Å². The second-order valence-electron chi connectivity index (χ2n) is 5.80. The molecule has 2 aromatic rings. The van der Waals surface area contributed by atoms with Crippen LogP contribution >= 0.6 is 11.3 Å². The Morgan fingerprint density at radius 2 is 2.07 bits per heavy atom.